The van der Waals surface area contributed by atoms with E-state index in [9.17, 15) is 0 Å². The lowest BCUT2D eigenvalue weighted by molar-refractivity contribution is 0.358. The lowest BCUT2D eigenvalue weighted by Crippen LogP contribution is -1.84. The average Bonchev–Trinajstić information content (AvgIpc) is 2.34. The SMILES string of the molecule is [2H]COc1cscc1OC([2H])([2H])[2H]. The zero-order valence-corrected chi connectivity index (χ0v) is 5.40. The van der Waals surface area contributed by atoms with E-state index in [4.69, 9.17) is 10.2 Å². The third-order valence-electron chi connectivity index (χ3n) is 0.858. The summed E-state index contributed by atoms with van der Waals surface area (Å²) >= 11 is 1.26. The molecule has 0 N–H and O–H groups in total. The number of thiophene rings is 1. The molecule has 0 aliphatic heterocycles. The monoisotopic (exact) mass is 148 g/mol. The third-order valence-corrected chi connectivity index (χ3v) is 1.56. The van der Waals surface area contributed by atoms with Crippen molar-refractivity contribution in [3.8, 4) is 11.5 Å². The number of methoxy groups -OCH3 is 2. The van der Waals surface area contributed by atoms with Crippen LogP contribution >= 0.6 is 11.3 Å². The zero-order chi connectivity index (χ0) is 9.90. The van der Waals surface area contributed by atoms with Crippen LogP contribution in [-0.2, 0) is 0 Å². The van der Waals surface area contributed by atoms with Gasteiger partial charge in [0, 0.05) is 10.8 Å². The van der Waals surface area contributed by atoms with E-state index in [0.717, 1.165) is 0 Å². The van der Waals surface area contributed by atoms with Crippen LogP contribution in [0.3, 0.4) is 0 Å². The molecule has 0 aromatic carbocycles. The van der Waals surface area contributed by atoms with Gasteiger partial charge in [-0.3, -0.25) is 0 Å². The van der Waals surface area contributed by atoms with E-state index >= 15 is 0 Å². The highest BCUT2D eigenvalue weighted by Gasteiger charge is 2.00. The van der Waals surface area contributed by atoms with Gasteiger partial charge >= 0.3 is 0 Å². The van der Waals surface area contributed by atoms with Gasteiger partial charge in [-0.05, 0) is 0 Å². The summed E-state index contributed by atoms with van der Waals surface area (Å²) < 4.78 is 36.8. The van der Waals surface area contributed by atoms with Crippen molar-refractivity contribution in [3.63, 3.8) is 0 Å². The Morgan fingerprint density at radius 1 is 1.44 bits per heavy atom. The molecule has 0 saturated heterocycles. The molecule has 0 radical (unpaired) electrons. The summed E-state index contributed by atoms with van der Waals surface area (Å²) in [7, 11) is -2.73. The van der Waals surface area contributed by atoms with Crippen LogP contribution in [0.15, 0.2) is 10.8 Å². The largest absolute Gasteiger partial charge is 0.492 e. The summed E-state index contributed by atoms with van der Waals surface area (Å²) in [4.78, 5) is 0. The van der Waals surface area contributed by atoms with Crippen molar-refractivity contribution in [2.24, 2.45) is 0 Å². The molecule has 0 fully saturated rings. The van der Waals surface area contributed by atoms with Crippen molar-refractivity contribution in [1.82, 2.24) is 0 Å². The first-order chi connectivity index (χ1) is 6.03. The van der Waals surface area contributed by atoms with E-state index in [0.29, 0.717) is 5.75 Å². The first-order valence-corrected chi connectivity index (χ1v) is 3.14. The third kappa shape index (κ3) is 1.16. The maximum Gasteiger partial charge on any atom is 0.171 e. The van der Waals surface area contributed by atoms with Crippen LogP contribution < -0.4 is 9.47 Å². The van der Waals surface area contributed by atoms with E-state index in [1.807, 2.05) is 0 Å². The van der Waals surface area contributed by atoms with Crippen LogP contribution in [0.2, 0.25) is 0 Å². The van der Waals surface area contributed by atoms with Crippen molar-refractivity contribution in [2.75, 3.05) is 14.1 Å². The molecule has 0 bridgehead atoms. The standard InChI is InChI=1S/C6H8O2S/c1-7-5-3-9-4-6(5)8-2/h3-4H,1-2H3/i1D,2D3. The summed E-state index contributed by atoms with van der Waals surface area (Å²) in [5.74, 6) is 0.466. The molecule has 1 rings (SSSR count). The van der Waals surface area contributed by atoms with Crippen LogP contribution in [-0.4, -0.2) is 14.1 Å². The van der Waals surface area contributed by atoms with Crippen LogP contribution in [0.4, 0.5) is 0 Å². The summed E-state index contributed by atoms with van der Waals surface area (Å²) in [6.45, 7) is 0. The topological polar surface area (TPSA) is 18.5 Å². The maximum atomic E-state index is 6.85. The van der Waals surface area contributed by atoms with Crippen molar-refractivity contribution in [1.29, 1.82) is 0 Å². The van der Waals surface area contributed by atoms with Crippen molar-refractivity contribution < 1.29 is 15.0 Å². The Hall–Kier alpha value is -0.700. The minimum atomic E-state index is -2.47. The molecule has 0 aliphatic carbocycles. The molecule has 0 spiro atoms. The molecule has 2 nitrogen and oxygen atoms in total. The van der Waals surface area contributed by atoms with Gasteiger partial charge in [-0.2, -0.15) is 0 Å². The molecular weight excluding hydrogens is 136 g/mol. The van der Waals surface area contributed by atoms with Gasteiger partial charge in [0.1, 0.15) is 0 Å². The Bertz CT molecular complexity index is 270. The van der Waals surface area contributed by atoms with E-state index in [1.54, 1.807) is 5.38 Å². The highest BCUT2D eigenvalue weighted by molar-refractivity contribution is 7.08. The molecule has 1 heterocycles. The van der Waals surface area contributed by atoms with E-state index < -0.39 is 7.04 Å². The minimum absolute atomic E-state index is 0.164. The van der Waals surface area contributed by atoms with Crippen molar-refractivity contribution in [3.05, 3.63) is 10.8 Å². The van der Waals surface area contributed by atoms with E-state index in [-0.39, 0.29) is 12.8 Å². The molecule has 0 unspecified atom stereocenters. The zero-order valence-electron chi connectivity index (χ0n) is 8.59. The van der Waals surface area contributed by atoms with Crippen LogP contribution in [0.5, 0.6) is 11.5 Å². The summed E-state index contributed by atoms with van der Waals surface area (Å²) in [6, 6.07) is 0. The first kappa shape index (κ1) is 2.92. The molecule has 9 heavy (non-hydrogen) atoms. The van der Waals surface area contributed by atoms with Gasteiger partial charge in [0.15, 0.2) is 11.5 Å². The fourth-order valence-electron chi connectivity index (χ4n) is 0.453. The van der Waals surface area contributed by atoms with Gasteiger partial charge < -0.3 is 9.47 Å². The normalized spacial score (nSPS) is 16.9. The molecule has 0 amide bonds. The molecule has 50 valence electrons. The van der Waals surface area contributed by atoms with Gasteiger partial charge in [0.05, 0.1) is 19.6 Å². The van der Waals surface area contributed by atoms with Gasteiger partial charge in [-0.15, -0.1) is 11.3 Å². The molecule has 0 atom stereocenters. The molecule has 1 aromatic heterocycles. The second-order valence-electron chi connectivity index (χ2n) is 1.35. The Kier molecular flexibility index (Phi) is 0.887. The quantitative estimate of drug-likeness (QED) is 0.636. The molecule has 0 aliphatic rings. The lowest BCUT2D eigenvalue weighted by atomic mass is 10.5. The van der Waals surface area contributed by atoms with Crippen molar-refractivity contribution >= 4 is 11.3 Å². The summed E-state index contributed by atoms with van der Waals surface area (Å²) in [5, 5.41) is 3.12. The van der Waals surface area contributed by atoms with Gasteiger partial charge in [0.25, 0.3) is 0 Å². The summed E-state index contributed by atoms with van der Waals surface area (Å²) in [5.41, 5.74) is 0. The molecular formula is C6H8O2S. The second-order valence-corrected chi connectivity index (χ2v) is 2.09. The second kappa shape index (κ2) is 2.73. The smallest absolute Gasteiger partial charge is 0.171 e. The highest BCUT2D eigenvalue weighted by Crippen LogP contribution is 2.30. The number of ether oxygens (including phenoxy) is 2. The van der Waals surface area contributed by atoms with Gasteiger partial charge in [0.2, 0.25) is 0 Å². The Morgan fingerprint density at radius 2 is 2.22 bits per heavy atom. The van der Waals surface area contributed by atoms with E-state index in [2.05, 4.69) is 4.74 Å². The number of hydrogen-bond acceptors (Lipinski definition) is 3. The number of rotatable bonds is 2. The predicted molar refractivity (Wildman–Crippen MR) is 37.4 cm³/mol. The fourth-order valence-corrected chi connectivity index (χ4v) is 1.12. The average molecular weight is 148 g/mol. The lowest BCUT2D eigenvalue weighted by Gasteiger charge is -1.98. The molecule has 0 saturated carbocycles. The molecule has 3 heteroatoms. The predicted octanol–water partition coefficient (Wildman–Crippen LogP) is 1.77. The van der Waals surface area contributed by atoms with Gasteiger partial charge in [-0.1, -0.05) is 0 Å². The molecule has 1 aromatic rings. The Morgan fingerprint density at radius 3 is 2.89 bits per heavy atom. The number of hydrogen-bond donors (Lipinski definition) is 0. The first-order valence-electron chi connectivity index (χ1n) is 4.41. The van der Waals surface area contributed by atoms with Crippen LogP contribution in [0, 0.1) is 0 Å². The fraction of sp³-hybridized carbons (Fsp3) is 0.333. The van der Waals surface area contributed by atoms with Gasteiger partial charge in [-0.25, -0.2) is 0 Å². The minimum Gasteiger partial charge on any atom is -0.492 e. The Labute approximate surface area is 63.6 Å². The van der Waals surface area contributed by atoms with Crippen molar-refractivity contribution in [2.45, 2.75) is 0 Å². The van der Waals surface area contributed by atoms with E-state index in [1.165, 1.54) is 16.7 Å². The highest BCUT2D eigenvalue weighted by atomic mass is 32.1. The van der Waals surface area contributed by atoms with Crippen LogP contribution in [0.25, 0.3) is 0 Å². The summed E-state index contributed by atoms with van der Waals surface area (Å²) in [6.07, 6.45) is 0. The Balaban J connectivity index is 2.70. The van der Waals surface area contributed by atoms with Crippen LogP contribution in [0.1, 0.15) is 5.48 Å². The maximum absolute atomic E-state index is 6.85.